The van der Waals surface area contributed by atoms with Gasteiger partial charge < -0.3 is 15.0 Å². The lowest BCUT2D eigenvalue weighted by Crippen LogP contribution is -2.14. The summed E-state index contributed by atoms with van der Waals surface area (Å²) in [7, 11) is 0. The van der Waals surface area contributed by atoms with Gasteiger partial charge in [0.15, 0.2) is 0 Å². The van der Waals surface area contributed by atoms with Crippen LogP contribution >= 0.6 is 28.7 Å². The van der Waals surface area contributed by atoms with Crippen molar-refractivity contribution in [1.82, 2.24) is 4.90 Å². The van der Waals surface area contributed by atoms with Crippen molar-refractivity contribution in [3.8, 4) is 5.75 Å². The predicted molar refractivity (Wildman–Crippen MR) is 165 cm³/mol. The van der Waals surface area contributed by atoms with Crippen molar-refractivity contribution < 1.29 is 9.53 Å². The third-order valence-electron chi connectivity index (χ3n) is 6.54. The van der Waals surface area contributed by atoms with Gasteiger partial charge in [0, 0.05) is 24.0 Å². The van der Waals surface area contributed by atoms with Crippen molar-refractivity contribution in [3.05, 3.63) is 71.3 Å². The summed E-state index contributed by atoms with van der Waals surface area (Å²) in [6, 6.07) is 15.6. The Balaban J connectivity index is 0.00000481. The molecule has 1 aliphatic rings. The average Bonchev–Trinajstić information content (AvgIpc) is 3.40. The van der Waals surface area contributed by atoms with E-state index in [4.69, 9.17) is 4.74 Å². The Kier molecular flexibility index (Phi) is 16.2. The summed E-state index contributed by atoms with van der Waals surface area (Å²) >= 11 is 1.79. The molecule has 0 radical (unpaired) electrons. The minimum atomic E-state index is -0.111. The van der Waals surface area contributed by atoms with Crippen LogP contribution in [-0.2, 0) is 6.54 Å². The third kappa shape index (κ3) is 12.9. The van der Waals surface area contributed by atoms with Crippen LogP contribution in [0.15, 0.2) is 60.1 Å². The molecule has 37 heavy (non-hydrogen) atoms. The zero-order chi connectivity index (χ0) is 25.3. The van der Waals surface area contributed by atoms with Crippen molar-refractivity contribution in [3.63, 3.8) is 0 Å². The molecule has 0 aromatic heterocycles. The number of anilines is 1. The van der Waals surface area contributed by atoms with Gasteiger partial charge in [-0.1, -0.05) is 95.8 Å². The van der Waals surface area contributed by atoms with Gasteiger partial charge >= 0.3 is 0 Å². The second-order valence-corrected chi connectivity index (χ2v) is 10.6. The van der Waals surface area contributed by atoms with E-state index >= 15 is 0 Å². The molecule has 0 saturated heterocycles. The van der Waals surface area contributed by atoms with Crippen LogP contribution in [0, 0.1) is 0 Å². The Bertz CT molecular complexity index is 937. The fraction of sp³-hybridized carbons (Fsp3) is 0.516. The highest BCUT2D eigenvalue weighted by atomic mass is 79.9. The first kappa shape index (κ1) is 31.3. The molecule has 1 amide bonds. The van der Waals surface area contributed by atoms with Crippen LogP contribution in [0.2, 0.25) is 0 Å². The van der Waals surface area contributed by atoms with E-state index in [-0.39, 0.29) is 22.9 Å². The van der Waals surface area contributed by atoms with Gasteiger partial charge in [-0.05, 0) is 47.7 Å². The molecule has 0 unspecified atom stereocenters. The van der Waals surface area contributed by atoms with Gasteiger partial charge in [0.2, 0.25) is 0 Å². The predicted octanol–water partition coefficient (Wildman–Crippen LogP) is 9.57. The second-order valence-electron chi connectivity index (χ2n) is 9.75. The average molecular weight is 590 g/mol. The summed E-state index contributed by atoms with van der Waals surface area (Å²) < 4.78 is 5.94. The SMILES string of the molecule is Br.CCCCCCCCCCCCCCOc1cccc(C(=O)Nc2cccc(CN3C=CSC3)c2)c1. The Morgan fingerprint density at radius 3 is 2.24 bits per heavy atom. The first-order valence-corrected chi connectivity index (χ1v) is 14.9. The largest absolute Gasteiger partial charge is 0.494 e. The lowest BCUT2D eigenvalue weighted by molar-refractivity contribution is 0.102. The summed E-state index contributed by atoms with van der Waals surface area (Å²) in [6.07, 6.45) is 18.1. The second kappa shape index (κ2) is 19.2. The summed E-state index contributed by atoms with van der Waals surface area (Å²) in [5.41, 5.74) is 2.61. The number of ether oxygens (including phenoxy) is 1. The Labute approximate surface area is 239 Å². The van der Waals surface area contributed by atoms with Crippen molar-refractivity contribution in [2.75, 3.05) is 17.8 Å². The number of hydrogen-bond donors (Lipinski definition) is 1. The highest BCUT2D eigenvalue weighted by Gasteiger charge is 2.10. The molecule has 3 rings (SSSR count). The topological polar surface area (TPSA) is 41.6 Å². The number of carbonyl (C=O) groups is 1. The molecule has 0 fully saturated rings. The zero-order valence-electron chi connectivity index (χ0n) is 22.5. The Morgan fingerprint density at radius 1 is 0.892 bits per heavy atom. The van der Waals surface area contributed by atoms with E-state index in [1.54, 1.807) is 11.8 Å². The summed E-state index contributed by atoms with van der Waals surface area (Å²) in [4.78, 5) is 15.1. The van der Waals surface area contributed by atoms with Crippen LogP contribution in [-0.4, -0.2) is 23.3 Å². The monoisotopic (exact) mass is 588 g/mol. The molecule has 0 bridgehead atoms. The number of carbonyl (C=O) groups excluding carboxylic acids is 1. The number of nitrogens with one attached hydrogen (secondary N) is 1. The van der Waals surface area contributed by atoms with E-state index in [1.165, 1.54) is 76.2 Å². The van der Waals surface area contributed by atoms with E-state index in [0.717, 1.165) is 30.3 Å². The van der Waals surface area contributed by atoms with Crippen LogP contribution in [0.4, 0.5) is 5.69 Å². The quantitative estimate of drug-likeness (QED) is 0.176. The molecular formula is C31H45BrN2O2S. The molecule has 1 N–H and O–H groups in total. The molecule has 1 heterocycles. The standard InChI is InChI=1S/C31H44N2O2S.BrH/c1-2-3-4-5-6-7-8-9-10-11-12-13-21-35-30-19-15-17-28(24-30)31(34)32-29-18-14-16-27(23-29)25-33-20-22-36-26-33;/h14-20,22-24H,2-13,21,25-26H2,1H3,(H,32,34);1H. The van der Waals surface area contributed by atoms with Gasteiger partial charge in [0.1, 0.15) is 5.75 Å². The van der Waals surface area contributed by atoms with Gasteiger partial charge in [-0.25, -0.2) is 0 Å². The van der Waals surface area contributed by atoms with Crippen molar-refractivity contribution in [1.29, 1.82) is 0 Å². The molecule has 2 aromatic carbocycles. The van der Waals surface area contributed by atoms with Crippen LogP contribution < -0.4 is 10.1 Å². The van der Waals surface area contributed by atoms with Gasteiger partial charge in [0.25, 0.3) is 5.91 Å². The van der Waals surface area contributed by atoms with Crippen LogP contribution in [0.1, 0.15) is 99.9 Å². The number of nitrogens with zero attached hydrogens (tertiary/aromatic N) is 1. The van der Waals surface area contributed by atoms with Gasteiger partial charge in [-0.3, -0.25) is 4.79 Å². The van der Waals surface area contributed by atoms with Crippen molar-refractivity contribution in [2.24, 2.45) is 0 Å². The number of rotatable bonds is 18. The highest BCUT2D eigenvalue weighted by molar-refractivity contribution is 8.93. The van der Waals surface area contributed by atoms with Crippen LogP contribution in [0.25, 0.3) is 0 Å². The van der Waals surface area contributed by atoms with Crippen LogP contribution in [0.3, 0.4) is 0 Å². The van der Waals surface area contributed by atoms with Gasteiger partial charge in [-0.2, -0.15) is 0 Å². The molecule has 2 aromatic rings. The lowest BCUT2D eigenvalue weighted by Gasteiger charge is -2.15. The summed E-state index contributed by atoms with van der Waals surface area (Å²) in [6.45, 7) is 3.82. The molecule has 0 spiro atoms. The minimum Gasteiger partial charge on any atom is -0.494 e. The van der Waals surface area contributed by atoms with Gasteiger partial charge in [0.05, 0.1) is 12.5 Å². The van der Waals surface area contributed by atoms with E-state index < -0.39 is 0 Å². The number of halogens is 1. The Morgan fingerprint density at radius 2 is 1.57 bits per heavy atom. The first-order valence-electron chi connectivity index (χ1n) is 13.9. The molecule has 0 atom stereocenters. The minimum absolute atomic E-state index is 0. The molecule has 6 heteroatoms. The fourth-order valence-electron chi connectivity index (χ4n) is 4.45. The molecule has 0 aliphatic carbocycles. The van der Waals surface area contributed by atoms with E-state index in [1.807, 2.05) is 42.5 Å². The maximum absolute atomic E-state index is 12.8. The number of amides is 1. The normalized spacial score (nSPS) is 12.4. The number of benzene rings is 2. The molecule has 204 valence electrons. The third-order valence-corrected chi connectivity index (χ3v) is 7.34. The maximum Gasteiger partial charge on any atom is 0.255 e. The summed E-state index contributed by atoms with van der Waals surface area (Å²) in [5.74, 6) is 1.63. The maximum atomic E-state index is 12.8. The molecule has 0 saturated carbocycles. The van der Waals surface area contributed by atoms with Crippen LogP contribution in [0.5, 0.6) is 5.75 Å². The van der Waals surface area contributed by atoms with E-state index in [0.29, 0.717) is 12.2 Å². The number of thioether (sulfide) groups is 1. The Hall–Kier alpha value is -1.92. The fourth-order valence-corrected chi connectivity index (χ4v) is 5.17. The van der Waals surface area contributed by atoms with E-state index in [9.17, 15) is 4.79 Å². The van der Waals surface area contributed by atoms with Crippen molar-refractivity contribution >= 4 is 40.3 Å². The van der Waals surface area contributed by atoms with Crippen molar-refractivity contribution in [2.45, 2.75) is 90.5 Å². The number of unbranched alkanes of at least 4 members (excludes halogenated alkanes) is 11. The summed E-state index contributed by atoms with van der Waals surface area (Å²) in [5, 5.41) is 5.14. The highest BCUT2D eigenvalue weighted by Crippen LogP contribution is 2.21. The lowest BCUT2D eigenvalue weighted by atomic mass is 10.1. The zero-order valence-corrected chi connectivity index (χ0v) is 25.0. The molecule has 4 nitrogen and oxygen atoms in total. The molecule has 1 aliphatic heterocycles. The first-order chi connectivity index (χ1) is 17.7. The van der Waals surface area contributed by atoms with Gasteiger partial charge in [-0.15, -0.1) is 28.7 Å². The molecular weight excluding hydrogens is 544 g/mol. The smallest absolute Gasteiger partial charge is 0.255 e. The van der Waals surface area contributed by atoms with E-state index in [2.05, 4.69) is 34.8 Å². The number of hydrogen-bond acceptors (Lipinski definition) is 4.